The van der Waals surface area contributed by atoms with Gasteiger partial charge >= 0.3 is 5.97 Å². The Hall–Kier alpha value is -1.26. The van der Waals surface area contributed by atoms with Crippen LogP contribution in [0.5, 0.6) is 5.75 Å². The lowest BCUT2D eigenvalue weighted by Gasteiger charge is -2.06. The van der Waals surface area contributed by atoms with E-state index in [9.17, 15) is 4.79 Å². The van der Waals surface area contributed by atoms with Crippen LogP contribution in [0.1, 0.15) is 10.4 Å². The van der Waals surface area contributed by atoms with Gasteiger partial charge in [0.25, 0.3) is 0 Å². The number of carbonyl (C=O) groups excluding carboxylic acids is 1. The molecule has 0 heterocycles. The van der Waals surface area contributed by atoms with Crippen LogP contribution in [0.25, 0.3) is 0 Å². The minimum absolute atomic E-state index is 0. The number of carbonyl (C=O) groups is 1. The highest BCUT2D eigenvalue weighted by molar-refractivity contribution is 5.89. The van der Waals surface area contributed by atoms with E-state index in [1.165, 1.54) is 7.11 Å². The minimum atomic E-state index is -0.353. The summed E-state index contributed by atoms with van der Waals surface area (Å²) in [5.41, 5.74) is 0.499. The van der Waals surface area contributed by atoms with Gasteiger partial charge < -0.3 is 14.8 Å². The van der Waals surface area contributed by atoms with Gasteiger partial charge in [-0.1, -0.05) is 6.07 Å². The number of methoxy groups -OCH3 is 1. The second-order valence-electron chi connectivity index (χ2n) is 2.97. The molecule has 0 fully saturated rings. The highest BCUT2D eigenvalue weighted by atomic mass is 35.5. The van der Waals surface area contributed by atoms with Gasteiger partial charge in [-0.2, -0.15) is 0 Å². The van der Waals surface area contributed by atoms with Crippen LogP contribution in [0.2, 0.25) is 0 Å². The molecule has 1 aromatic rings. The molecule has 0 amide bonds. The van der Waals surface area contributed by atoms with E-state index in [-0.39, 0.29) is 18.4 Å². The number of esters is 1. The molecule has 0 aliphatic heterocycles. The van der Waals surface area contributed by atoms with Gasteiger partial charge in [-0.05, 0) is 25.2 Å². The fourth-order valence-corrected chi connectivity index (χ4v) is 1.10. The van der Waals surface area contributed by atoms with Crippen LogP contribution < -0.4 is 10.1 Å². The number of rotatable bonds is 5. The zero-order chi connectivity index (χ0) is 11.1. The van der Waals surface area contributed by atoms with Crippen molar-refractivity contribution < 1.29 is 14.3 Å². The molecule has 0 saturated carbocycles. The van der Waals surface area contributed by atoms with E-state index in [2.05, 4.69) is 10.1 Å². The molecule has 16 heavy (non-hydrogen) atoms. The van der Waals surface area contributed by atoms with Crippen molar-refractivity contribution >= 4 is 18.4 Å². The summed E-state index contributed by atoms with van der Waals surface area (Å²) in [6.07, 6.45) is 0. The number of hydrogen-bond acceptors (Lipinski definition) is 4. The van der Waals surface area contributed by atoms with Crippen LogP contribution >= 0.6 is 12.4 Å². The maximum absolute atomic E-state index is 11.2. The van der Waals surface area contributed by atoms with Gasteiger partial charge in [0.05, 0.1) is 12.7 Å². The third kappa shape index (κ3) is 4.51. The number of likely N-dealkylation sites (N-methyl/N-ethyl adjacent to an activating group) is 1. The standard InChI is InChI=1S/C11H15NO3.ClH/c1-12-6-7-15-10-5-3-4-9(8-10)11(13)14-2;/h3-5,8,12H,6-7H2,1-2H3;1H. The fraction of sp³-hybridized carbons (Fsp3) is 0.364. The zero-order valence-corrected chi connectivity index (χ0v) is 10.2. The highest BCUT2D eigenvalue weighted by Crippen LogP contribution is 2.13. The van der Waals surface area contributed by atoms with Crippen molar-refractivity contribution in [1.29, 1.82) is 0 Å². The summed E-state index contributed by atoms with van der Waals surface area (Å²) in [7, 11) is 3.21. The smallest absolute Gasteiger partial charge is 0.337 e. The molecule has 0 bridgehead atoms. The van der Waals surface area contributed by atoms with Crippen molar-refractivity contribution in [2.75, 3.05) is 27.3 Å². The summed E-state index contributed by atoms with van der Waals surface area (Å²) >= 11 is 0. The molecule has 4 nitrogen and oxygen atoms in total. The summed E-state index contributed by atoms with van der Waals surface area (Å²) in [6.45, 7) is 1.34. The number of benzene rings is 1. The van der Waals surface area contributed by atoms with Crippen LogP contribution in [0, 0.1) is 0 Å². The maximum Gasteiger partial charge on any atom is 0.337 e. The first-order valence-electron chi connectivity index (χ1n) is 4.73. The zero-order valence-electron chi connectivity index (χ0n) is 9.36. The summed E-state index contributed by atoms with van der Waals surface area (Å²) in [4.78, 5) is 11.2. The molecule has 0 atom stereocenters. The van der Waals surface area contributed by atoms with Gasteiger partial charge in [0.15, 0.2) is 0 Å². The lowest BCUT2D eigenvalue weighted by molar-refractivity contribution is 0.0600. The minimum Gasteiger partial charge on any atom is -0.492 e. The topological polar surface area (TPSA) is 47.6 Å². The lowest BCUT2D eigenvalue weighted by atomic mass is 10.2. The Balaban J connectivity index is 0.00000225. The number of nitrogens with one attached hydrogen (secondary N) is 1. The Morgan fingerprint density at radius 1 is 1.44 bits per heavy atom. The average Bonchev–Trinajstić information content (AvgIpc) is 2.29. The summed E-state index contributed by atoms with van der Waals surface area (Å²) in [6, 6.07) is 6.93. The van der Waals surface area contributed by atoms with Crippen LogP contribution in [-0.4, -0.2) is 33.3 Å². The summed E-state index contributed by atoms with van der Waals surface area (Å²) in [5.74, 6) is 0.321. The van der Waals surface area contributed by atoms with Crippen molar-refractivity contribution in [2.45, 2.75) is 0 Å². The molecule has 1 N–H and O–H groups in total. The Labute approximate surface area is 101 Å². The normalized spacial score (nSPS) is 9.12. The first-order valence-corrected chi connectivity index (χ1v) is 4.73. The van der Waals surface area contributed by atoms with Crippen LogP contribution in [0.15, 0.2) is 24.3 Å². The molecule has 1 rings (SSSR count). The van der Waals surface area contributed by atoms with E-state index in [4.69, 9.17) is 4.74 Å². The molecule has 5 heteroatoms. The largest absolute Gasteiger partial charge is 0.492 e. The van der Waals surface area contributed by atoms with E-state index in [1.807, 2.05) is 13.1 Å². The van der Waals surface area contributed by atoms with Crippen LogP contribution in [-0.2, 0) is 4.74 Å². The predicted molar refractivity (Wildman–Crippen MR) is 64.5 cm³/mol. The molecule has 0 radical (unpaired) electrons. The van der Waals surface area contributed by atoms with Gasteiger partial charge in [0.1, 0.15) is 12.4 Å². The Morgan fingerprint density at radius 3 is 2.81 bits per heavy atom. The van der Waals surface area contributed by atoms with E-state index in [1.54, 1.807) is 18.2 Å². The van der Waals surface area contributed by atoms with Crippen LogP contribution in [0.3, 0.4) is 0 Å². The molecular weight excluding hydrogens is 230 g/mol. The first-order chi connectivity index (χ1) is 7.27. The van der Waals surface area contributed by atoms with Crippen molar-refractivity contribution in [3.63, 3.8) is 0 Å². The molecule has 1 aromatic carbocycles. The van der Waals surface area contributed by atoms with Gasteiger partial charge in [-0.15, -0.1) is 12.4 Å². The van der Waals surface area contributed by atoms with Crippen molar-refractivity contribution in [2.24, 2.45) is 0 Å². The molecule has 0 unspecified atom stereocenters. The van der Waals surface area contributed by atoms with Crippen LogP contribution in [0.4, 0.5) is 0 Å². The average molecular weight is 246 g/mol. The molecule has 0 aliphatic carbocycles. The lowest BCUT2D eigenvalue weighted by Crippen LogP contribution is -2.16. The van der Waals surface area contributed by atoms with Gasteiger partial charge in [0.2, 0.25) is 0 Å². The van der Waals surface area contributed by atoms with Crippen molar-refractivity contribution in [3.8, 4) is 5.75 Å². The molecular formula is C11H16ClNO3. The number of hydrogen-bond donors (Lipinski definition) is 1. The Bertz CT molecular complexity index is 331. The van der Waals surface area contributed by atoms with Gasteiger partial charge in [-0.3, -0.25) is 0 Å². The number of ether oxygens (including phenoxy) is 2. The van der Waals surface area contributed by atoms with Crippen molar-refractivity contribution in [1.82, 2.24) is 5.32 Å². The SMILES string of the molecule is CNCCOc1cccc(C(=O)OC)c1.Cl. The van der Waals surface area contributed by atoms with E-state index < -0.39 is 0 Å². The monoisotopic (exact) mass is 245 g/mol. The fourth-order valence-electron chi connectivity index (χ4n) is 1.10. The number of halogens is 1. The molecule has 0 aromatic heterocycles. The van der Waals surface area contributed by atoms with E-state index >= 15 is 0 Å². The second-order valence-corrected chi connectivity index (χ2v) is 2.97. The Kier molecular flexibility index (Phi) is 7.33. The third-order valence-corrected chi connectivity index (χ3v) is 1.88. The van der Waals surface area contributed by atoms with Gasteiger partial charge in [-0.25, -0.2) is 4.79 Å². The second kappa shape index (κ2) is 7.96. The highest BCUT2D eigenvalue weighted by Gasteiger charge is 2.05. The van der Waals surface area contributed by atoms with E-state index in [0.717, 1.165) is 6.54 Å². The quantitative estimate of drug-likeness (QED) is 0.631. The van der Waals surface area contributed by atoms with Crippen molar-refractivity contribution in [3.05, 3.63) is 29.8 Å². The molecule has 90 valence electrons. The molecule has 0 aliphatic rings. The maximum atomic E-state index is 11.2. The molecule has 0 spiro atoms. The summed E-state index contributed by atoms with van der Waals surface area (Å²) < 4.78 is 10.0. The first kappa shape index (κ1) is 14.7. The third-order valence-electron chi connectivity index (χ3n) is 1.88. The predicted octanol–water partition coefficient (Wildman–Crippen LogP) is 1.49. The molecule has 0 saturated heterocycles. The van der Waals surface area contributed by atoms with E-state index in [0.29, 0.717) is 17.9 Å². The Morgan fingerprint density at radius 2 is 2.19 bits per heavy atom. The summed E-state index contributed by atoms with van der Waals surface area (Å²) in [5, 5.41) is 2.97. The van der Waals surface area contributed by atoms with Gasteiger partial charge in [0, 0.05) is 6.54 Å².